The fourth-order valence-electron chi connectivity index (χ4n) is 5.50. The number of esters is 1. The van der Waals surface area contributed by atoms with Crippen molar-refractivity contribution >= 4 is 23.2 Å². The Hall–Kier alpha value is -2.68. The summed E-state index contributed by atoms with van der Waals surface area (Å²) in [4.78, 5) is 28.3. The predicted molar refractivity (Wildman–Crippen MR) is 141 cm³/mol. The number of nitrogens with one attached hydrogen (secondary N) is 1. The van der Waals surface area contributed by atoms with Crippen LogP contribution in [0.1, 0.15) is 104 Å². The van der Waals surface area contributed by atoms with Gasteiger partial charge in [-0.05, 0) is 38.7 Å². The highest BCUT2D eigenvalue weighted by molar-refractivity contribution is 7.10. The van der Waals surface area contributed by atoms with Crippen molar-refractivity contribution in [2.24, 2.45) is 5.92 Å². The second kappa shape index (κ2) is 11.6. The third-order valence-corrected chi connectivity index (χ3v) is 8.59. The molecule has 1 aliphatic heterocycles. The van der Waals surface area contributed by atoms with Gasteiger partial charge < -0.3 is 19.5 Å². The van der Waals surface area contributed by atoms with E-state index in [-0.39, 0.29) is 23.8 Å². The van der Waals surface area contributed by atoms with E-state index in [0.29, 0.717) is 17.5 Å². The Labute approximate surface area is 218 Å². The van der Waals surface area contributed by atoms with Crippen LogP contribution >= 0.6 is 11.3 Å². The topological polar surface area (TPSA) is 89.4 Å². The molecule has 196 valence electrons. The first kappa shape index (κ1) is 26.4. The van der Waals surface area contributed by atoms with E-state index in [1.165, 1.54) is 18.4 Å². The van der Waals surface area contributed by atoms with E-state index >= 15 is 0 Å². The van der Waals surface area contributed by atoms with Gasteiger partial charge in [-0.2, -0.15) is 0 Å². The summed E-state index contributed by atoms with van der Waals surface area (Å²) in [6, 6.07) is 2.04. The van der Waals surface area contributed by atoms with E-state index in [2.05, 4.69) is 45.4 Å². The number of likely N-dealkylation sites (tertiary alicyclic amines) is 1. The second-order valence-electron chi connectivity index (χ2n) is 10.4. The summed E-state index contributed by atoms with van der Waals surface area (Å²) in [5, 5.41) is 13.8. The van der Waals surface area contributed by atoms with Crippen LogP contribution in [0.15, 0.2) is 23.7 Å². The standard InChI is InChI=1S/C27H39N5O3S/c1-17(2)25-30-29-19(4)32(25)22-10-12-31(18(3)14-22)13-11-23(28-26(33)20-8-6-7-9-20)24-15-21(16-36-24)27(34)35-5/h15-17,20,22-23H,3,6-14H2,1-2,4-5H3,(H,28,33)/t22?,23-/m0/s1. The minimum Gasteiger partial charge on any atom is -0.465 e. The first-order chi connectivity index (χ1) is 17.3. The molecular formula is C27H39N5O3S. The Kier molecular flexibility index (Phi) is 8.49. The summed E-state index contributed by atoms with van der Waals surface area (Å²) in [7, 11) is 1.39. The molecule has 1 amide bonds. The average Bonchev–Trinajstić information content (AvgIpc) is 3.62. The van der Waals surface area contributed by atoms with Gasteiger partial charge in [0.2, 0.25) is 5.91 Å². The maximum atomic E-state index is 13.0. The molecule has 0 radical (unpaired) electrons. The number of aryl methyl sites for hydroxylation is 1. The summed E-state index contributed by atoms with van der Waals surface area (Å²) in [6.45, 7) is 12.4. The minimum absolute atomic E-state index is 0.0976. The van der Waals surface area contributed by atoms with Gasteiger partial charge in [-0.1, -0.05) is 33.3 Å². The van der Waals surface area contributed by atoms with Gasteiger partial charge in [0.25, 0.3) is 0 Å². The van der Waals surface area contributed by atoms with E-state index in [9.17, 15) is 9.59 Å². The molecule has 2 atom stereocenters. The Morgan fingerprint density at radius 1 is 1.25 bits per heavy atom. The van der Waals surface area contributed by atoms with E-state index in [0.717, 1.165) is 80.3 Å². The lowest BCUT2D eigenvalue weighted by Gasteiger charge is -2.37. The highest BCUT2D eigenvalue weighted by atomic mass is 32.1. The molecule has 1 aliphatic carbocycles. The van der Waals surface area contributed by atoms with Crippen LogP contribution in [0, 0.1) is 12.8 Å². The molecule has 2 aliphatic rings. The normalized spacial score (nSPS) is 19.6. The zero-order valence-electron chi connectivity index (χ0n) is 22.0. The quantitative estimate of drug-likeness (QED) is 0.467. The number of hydrogen-bond donors (Lipinski definition) is 1. The van der Waals surface area contributed by atoms with Gasteiger partial charge >= 0.3 is 5.97 Å². The lowest BCUT2D eigenvalue weighted by molar-refractivity contribution is -0.125. The molecule has 4 rings (SSSR count). The van der Waals surface area contributed by atoms with E-state index < -0.39 is 0 Å². The molecular weight excluding hydrogens is 474 g/mol. The molecule has 1 saturated carbocycles. The number of allylic oxidation sites excluding steroid dienone is 1. The third kappa shape index (κ3) is 5.82. The van der Waals surface area contributed by atoms with Crippen LogP contribution in [0.4, 0.5) is 0 Å². The molecule has 9 heteroatoms. The molecule has 0 aromatic carbocycles. The van der Waals surface area contributed by atoms with Crippen LogP contribution in [0.5, 0.6) is 0 Å². The molecule has 3 heterocycles. The molecule has 1 N–H and O–H groups in total. The van der Waals surface area contributed by atoms with Crippen LogP contribution < -0.4 is 5.32 Å². The van der Waals surface area contributed by atoms with E-state index in [1.807, 2.05) is 18.4 Å². The SMILES string of the molecule is C=C1CC(n2c(C)nnc2C(C)C)CCN1CC[C@H](NC(=O)C1CCCC1)c1cc(C(=O)OC)cs1. The van der Waals surface area contributed by atoms with Crippen molar-refractivity contribution in [1.29, 1.82) is 0 Å². The fraction of sp³-hybridized carbons (Fsp3) is 0.630. The molecule has 0 spiro atoms. The van der Waals surface area contributed by atoms with Gasteiger partial charge in [-0.15, -0.1) is 21.5 Å². The van der Waals surface area contributed by atoms with E-state index in [1.54, 1.807) is 0 Å². The number of ether oxygens (including phenoxy) is 1. The predicted octanol–water partition coefficient (Wildman–Crippen LogP) is 5.15. The Morgan fingerprint density at radius 2 is 2.00 bits per heavy atom. The molecule has 0 bridgehead atoms. The van der Waals surface area contributed by atoms with E-state index in [4.69, 9.17) is 4.74 Å². The lowest BCUT2D eigenvalue weighted by atomic mass is 9.99. The van der Waals surface area contributed by atoms with Gasteiger partial charge in [0.1, 0.15) is 11.6 Å². The van der Waals surface area contributed by atoms with Crippen LogP contribution in [-0.2, 0) is 9.53 Å². The minimum atomic E-state index is -0.348. The summed E-state index contributed by atoms with van der Waals surface area (Å²) in [5.41, 5.74) is 1.64. The maximum Gasteiger partial charge on any atom is 0.338 e. The number of amides is 1. The number of nitrogens with zero attached hydrogens (tertiary/aromatic N) is 4. The molecule has 2 fully saturated rings. The number of piperidine rings is 1. The molecule has 1 unspecified atom stereocenters. The number of rotatable bonds is 9. The third-order valence-electron chi connectivity index (χ3n) is 7.54. The van der Waals surface area contributed by atoms with Gasteiger partial charge in [0.05, 0.1) is 18.7 Å². The Balaban J connectivity index is 1.42. The number of carbonyl (C=O) groups excluding carboxylic acids is 2. The highest BCUT2D eigenvalue weighted by Gasteiger charge is 2.29. The van der Waals surface area contributed by atoms with Crippen LogP contribution in [0.3, 0.4) is 0 Å². The number of hydrogen-bond acceptors (Lipinski definition) is 7. The van der Waals surface area contributed by atoms with Crippen molar-refractivity contribution in [3.05, 3.63) is 45.8 Å². The van der Waals surface area contributed by atoms with Crippen molar-refractivity contribution in [2.75, 3.05) is 20.2 Å². The van der Waals surface area contributed by atoms with Gasteiger partial charge in [-0.3, -0.25) is 4.79 Å². The molecule has 8 nitrogen and oxygen atoms in total. The zero-order valence-corrected chi connectivity index (χ0v) is 22.8. The Bertz CT molecular complexity index is 1090. The molecule has 1 saturated heterocycles. The lowest BCUT2D eigenvalue weighted by Crippen LogP contribution is -2.37. The monoisotopic (exact) mass is 513 g/mol. The van der Waals surface area contributed by atoms with Crippen molar-refractivity contribution in [2.45, 2.75) is 83.7 Å². The summed E-state index contributed by atoms with van der Waals surface area (Å²) < 4.78 is 7.17. The number of aromatic nitrogens is 3. The summed E-state index contributed by atoms with van der Waals surface area (Å²) in [5.74, 6) is 2.19. The van der Waals surface area contributed by atoms with Crippen molar-refractivity contribution in [3.8, 4) is 0 Å². The van der Waals surface area contributed by atoms with Crippen LogP contribution in [-0.4, -0.2) is 51.7 Å². The van der Waals surface area contributed by atoms with Crippen molar-refractivity contribution in [1.82, 2.24) is 25.0 Å². The van der Waals surface area contributed by atoms with Crippen LogP contribution in [0.2, 0.25) is 0 Å². The summed E-state index contributed by atoms with van der Waals surface area (Å²) in [6.07, 6.45) is 6.78. The Morgan fingerprint density at radius 3 is 2.67 bits per heavy atom. The van der Waals surface area contributed by atoms with Crippen LogP contribution in [0.25, 0.3) is 0 Å². The zero-order chi connectivity index (χ0) is 25.8. The number of methoxy groups -OCH3 is 1. The van der Waals surface area contributed by atoms with Gasteiger partial charge in [0, 0.05) is 53.3 Å². The first-order valence-corrected chi connectivity index (χ1v) is 14.0. The highest BCUT2D eigenvalue weighted by Crippen LogP contribution is 2.34. The van der Waals surface area contributed by atoms with Crippen molar-refractivity contribution in [3.63, 3.8) is 0 Å². The average molecular weight is 514 g/mol. The molecule has 2 aromatic heterocycles. The number of thiophene rings is 1. The summed E-state index contributed by atoms with van der Waals surface area (Å²) >= 11 is 1.50. The maximum absolute atomic E-state index is 13.0. The van der Waals surface area contributed by atoms with Gasteiger partial charge in [-0.25, -0.2) is 4.79 Å². The molecule has 2 aromatic rings. The fourth-order valence-corrected chi connectivity index (χ4v) is 6.46. The molecule has 36 heavy (non-hydrogen) atoms. The largest absolute Gasteiger partial charge is 0.465 e. The smallest absolute Gasteiger partial charge is 0.338 e. The first-order valence-electron chi connectivity index (χ1n) is 13.1. The second-order valence-corrected chi connectivity index (χ2v) is 11.3. The van der Waals surface area contributed by atoms with Gasteiger partial charge in [0.15, 0.2) is 0 Å². The number of carbonyl (C=O) groups is 2. The van der Waals surface area contributed by atoms with Crippen molar-refractivity contribution < 1.29 is 14.3 Å².